The molecule has 0 N–H and O–H groups in total. The number of hydrogen-bond acceptors (Lipinski definition) is 5. The monoisotopic (exact) mass is 435 g/mol. The zero-order valence-electron chi connectivity index (χ0n) is 17.2. The molecule has 3 rings (SSSR count). The first-order chi connectivity index (χ1) is 15.4. The van der Waals surface area contributed by atoms with E-state index in [2.05, 4.69) is 6.92 Å². The largest absolute Gasteiger partial charge is 0.423 e. The number of aryl methyl sites for hydroxylation is 1. The van der Waals surface area contributed by atoms with Gasteiger partial charge in [0.2, 0.25) is 5.82 Å². The van der Waals surface area contributed by atoms with E-state index in [1.807, 2.05) is 12.1 Å². The molecule has 7 heteroatoms. The minimum atomic E-state index is -1.43. The number of nitriles is 1. The highest BCUT2D eigenvalue weighted by atomic mass is 19.2. The van der Waals surface area contributed by atoms with Crippen LogP contribution < -0.4 is 9.47 Å². The van der Waals surface area contributed by atoms with Crippen molar-refractivity contribution in [2.45, 2.75) is 26.2 Å². The molecule has 0 saturated heterocycles. The van der Waals surface area contributed by atoms with Crippen molar-refractivity contribution >= 4 is 11.9 Å². The summed E-state index contributed by atoms with van der Waals surface area (Å²) in [6.45, 7) is 2.11. The van der Waals surface area contributed by atoms with Crippen LogP contribution in [0.2, 0.25) is 0 Å². The molecule has 0 atom stereocenters. The molecule has 0 radical (unpaired) electrons. The van der Waals surface area contributed by atoms with E-state index in [1.54, 1.807) is 12.1 Å². The molecule has 0 aliphatic rings. The molecule has 162 valence electrons. The Bertz CT molecular complexity index is 1170. The normalized spacial score (nSPS) is 10.3. The number of halogens is 2. The van der Waals surface area contributed by atoms with Crippen molar-refractivity contribution in [1.82, 2.24) is 0 Å². The quantitative estimate of drug-likeness (QED) is 0.356. The van der Waals surface area contributed by atoms with Gasteiger partial charge < -0.3 is 9.47 Å². The lowest BCUT2D eigenvalue weighted by Gasteiger charge is -2.08. The fourth-order valence-corrected chi connectivity index (χ4v) is 2.87. The first-order valence-electron chi connectivity index (χ1n) is 9.94. The van der Waals surface area contributed by atoms with Crippen LogP contribution in [0.4, 0.5) is 8.78 Å². The molecule has 5 nitrogen and oxygen atoms in total. The lowest BCUT2D eigenvalue weighted by molar-refractivity contribution is 0.0725. The van der Waals surface area contributed by atoms with Gasteiger partial charge in [-0.1, -0.05) is 25.5 Å². The van der Waals surface area contributed by atoms with E-state index in [-0.39, 0.29) is 11.3 Å². The third-order valence-corrected chi connectivity index (χ3v) is 4.68. The number of carbonyl (C=O) groups is 2. The van der Waals surface area contributed by atoms with Gasteiger partial charge in [-0.2, -0.15) is 9.65 Å². The molecule has 0 heterocycles. The van der Waals surface area contributed by atoms with E-state index >= 15 is 0 Å². The number of esters is 2. The third kappa shape index (κ3) is 5.35. The molecule has 0 amide bonds. The molecule has 0 unspecified atom stereocenters. The molecule has 3 aromatic carbocycles. The predicted molar refractivity (Wildman–Crippen MR) is 112 cm³/mol. The Morgan fingerprint density at radius 3 is 2.03 bits per heavy atom. The van der Waals surface area contributed by atoms with Gasteiger partial charge in [0.1, 0.15) is 11.8 Å². The molecule has 32 heavy (non-hydrogen) atoms. The maximum atomic E-state index is 13.9. The summed E-state index contributed by atoms with van der Waals surface area (Å²) in [5, 5.41) is 8.70. The summed E-state index contributed by atoms with van der Waals surface area (Å²) in [4.78, 5) is 24.5. The van der Waals surface area contributed by atoms with Gasteiger partial charge >= 0.3 is 11.9 Å². The number of carbonyl (C=O) groups excluding carboxylic acids is 2. The summed E-state index contributed by atoms with van der Waals surface area (Å²) in [7, 11) is 0. The van der Waals surface area contributed by atoms with E-state index in [1.165, 1.54) is 30.3 Å². The molecular formula is C25H19F2NO4. The highest BCUT2D eigenvalue weighted by Gasteiger charge is 2.18. The van der Waals surface area contributed by atoms with Crippen LogP contribution in [0.25, 0.3) is 0 Å². The second-order valence-corrected chi connectivity index (χ2v) is 6.95. The van der Waals surface area contributed by atoms with Crippen LogP contribution >= 0.6 is 0 Å². The van der Waals surface area contributed by atoms with Gasteiger partial charge in [0, 0.05) is 0 Å². The Labute approximate surface area is 183 Å². The SMILES string of the molecule is CCCCc1ccc(C(=O)Oc2ccc(C(=O)Oc3ccc(C#N)c(F)c3F)cc2)cc1. The summed E-state index contributed by atoms with van der Waals surface area (Å²) in [5.41, 5.74) is 1.08. The van der Waals surface area contributed by atoms with Crippen LogP contribution in [0.3, 0.4) is 0 Å². The van der Waals surface area contributed by atoms with Crippen LogP contribution in [0.15, 0.2) is 60.7 Å². The number of nitrogens with zero attached hydrogens (tertiary/aromatic N) is 1. The number of unbranched alkanes of at least 4 members (excludes halogenated alkanes) is 1. The van der Waals surface area contributed by atoms with Crippen LogP contribution in [0, 0.1) is 23.0 Å². The van der Waals surface area contributed by atoms with Crippen molar-refractivity contribution in [1.29, 1.82) is 5.26 Å². The first kappa shape index (κ1) is 22.6. The Hall–Kier alpha value is -4.05. The molecule has 0 fully saturated rings. The highest BCUT2D eigenvalue weighted by Crippen LogP contribution is 2.24. The standard InChI is InChI=1S/C25H19F2NO4/c1-2-3-4-16-5-7-17(8-6-16)24(29)31-20-12-9-18(10-13-20)25(30)32-21-14-11-19(15-28)22(26)23(21)27/h5-14H,2-4H2,1H3. The maximum Gasteiger partial charge on any atom is 0.343 e. The second-order valence-electron chi connectivity index (χ2n) is 6.95. The molecule has 0 bridgehead atoms. The van der Waals surface area contributed by atoms with Crippen LogP contribution in [0.1, 0.15) is 51.6 Å². The van der Waals surface area contributed by atoms with Crippen LogP contribution in [-0.2, 0) is 6.42 Å². The zero-order chi connectivity index (χ0) is 23.1. The lowest BCUT2D eigenvalue weighted by Crippen LogP contribution is -2.11. The van der Waals surface area contributed by atoms with Crippen molar-refractivity contribution in [3.05, 3.63) is 94.6 Å². The van der Waals surface area contributed by atoms with Gasteiger partial charge in [0.15, 0.2) is 11.6 Å². The third-order valence-electron chi connectivity index (χ3n) is 4.68. The Kier molecular flexibility index (Phi) is 7.29. The van der Waals surface area contributed by atoms with Gasteiger partial charge in [-0.15, -0.1) is 0 Å². The average Bonchev–Trinajstić information content (AvgIpc) is 2.81. The van der Waals surface area contributed by atoms with Crippen LogP contribution in [0.5, 0.6) is 11.5 Å². The Morgan fingerprint density at radius 2 is 1.44 bits per heavy atom. The summed E-state index contributed by atoms with van der Waals surface area (Å²) in [5.74, 6) is -4.73. The van der Waals surface area contributed by atoms with Crippen molar-refractivity contribution in [3.63, 3.8) is 0 Å². The van der Waals surface area contributed by atoms with E-state index < -0.39 is 34.9 Å². The average molecular weight is 435 g/mol. The van der Waals surface area contributed by atoms with E-state index in [9.17, 15) is 18.4 Å². The van der Waals surface area contributed by atoms with Crippen molar-refractivity contribution in [2.75, 3.05) is 0 Å². The minimum absolute atomic E-state index is 0.0363. The van der Waals surface area contributed by atoms with Crippen LogP contribution in [-0.4, -0.2) is 11.9 Å². The second kappa shape index (κ2) is 10.3. The summed E-state index contributed by atoms with van der Waals surface area (Å²) in [6.07, 6.45) is 3.11. The van der Waals surface area contributed by atoms with Gasteiger partial charge in [-0.05, 0) is 66.9 Å². The molecule has 0 aliphatic heterocycles. The lowest BCUT2D eigenvalue weighted by atomic mass is 10.1. The Balaban J connectivity index is 1.63. The number of ether oxygens (including phenoxy) is 2. The Morgan fingerprint density at radius 1 is 0.844 bits per heavy atom. The summed E-state index contributed by atoms with van der Waals surface area (Å²) in [6, 6.07) is 16.1. The molecule has 0 aliphatic carbocycles. The first-order valence-corrected chi connectivity index (χ1v) is 9.94. The van der Waals surface area contributed by atoms with Crippen molar-refractivity contribution in [3.8, 4) is 17.6 Å². The zero-order valence-corrected chi connectivity index (χ0v) is 17.2. The summed E-state index contributed by atoms with van der Waals surface area (Å²) >= 11 is 0. The number of rotatable bonds is 7. The van der Waals surface area contributed by atoms with Gasteiger partial charge in [-0.3, -0.25) is 0 Å². The van der Waals surface area contributed by atoms with E-state index in [0.29, 0.717) is 5.56 Å². The fraction of sp³-hybridized carbons (Fsp3) is 0.160. The number of hydrogen-bond donors (Lipinski definition) is 0. The van der Waals surface area contributed by atoms with Gasteiger partial charge in [-0.25, -0.2) is 14.0 Å². The van der Waals surface area contributed by atoms with E-state index in [0.717, 1.165) is 37.0 Å². The molecule has 0 aromatic heterocycles. The summed E-state index contributed by atoms with van der Waals surface area (Å²) < 4.78 is 37.8. The van der Waals surface area contributed by atoms with E-state index in [4.69, 9.17) is 14.7 Å². The molecular weight excluding hydrogens is 416 g/mol. The van der Waals surface area contributed by atoms with Crippen molar-refractivity contribution in [2.24, 2.45) is 0 Å². The predicted octanol–water partition coefficient (Wildman–Crippen LogP) is 5.62. The van der Waals surface area contributed by atoms with Crippen molar-refractivity contribution < 1.29 is 27.8 Å². The number of benzene rings is 3. The molecule has 3 aromatic rings. The minimum Gasteiger partial charge on any atom is -0.423 e. The van der Waals surface area contributed by atoms with Gasteiger partial charge in [0.25, 0.3) is 0 Å². The highest BCUT2D eigenvalue weighted by molar-refractivity contribution is 5.92. The molecule has 0 saturated carbocycles. The fourth-order valence-electron chi connectivity index (χ4n) is 2.87. The maximum absolute atomic E-state index is 13.9. The molecule has 0 spiro atoms. The van der Waals surface area contributed by atoms with Gasteiger partial charge in [0.05, 0.1) is 16.7 Å². The smallest absolute Gasteiger partial charge is 0.343 e. The topological polar surface area (TPSA) is 76.4 Å².